The number of hydrogen-bond donors (Lipinski definition) is 2. The van der Waals surface area contributed by atoms with Crippen LogP contribution in [-0.2, 0) is 6.54 Å². The fourth-order valence-corrected chi connectivity index (χ4v) is 3.30. The second-order valence-corrected chi connectivity index (χ2v) is 7.39. The number of benzene rings is 1. The van der Waals surface area contributed by atoms with Gasteiger partial charge in [-0.1, -0.05) is 49.7 Å². The van der Waals surface area contributed by atoms with E-state index in [0.717, 1.165) is 29.2 Å². The summed E-state index contributed by atoms with van der Waals surface area (Å²) in [6.07, 6.45) is 0. The van der Waals surface area contributed by atoms with Crippen LogP contribution in [0, 0.1) is 16.7 Å². The van der Waals surface area contributed by atoms with Gasteiger partial charge in [0.15, 0.2) is 0 Å². The van der Waals surface area contributed by atoms with Gasteiger partial charge in [-0.2, -0.15) is 0 Å². The normalized spacial score (nSPS) is 20.9. The smallest absolute Gasteiger partial charge is 0.0370 e. The molecule has 0 bridgehead atoms. The summed E-state index contributed by atoms with van der Waals surface area (Å²) in [5, 5.41) is 3.54. The van der Waals surface area contributed by atoms with Gasteiger partial charge >= 0.3 is 0 Å². The average molecular weight is 311 g/mol. The van der Waals surface area contributed by atoms with E-state index in [1.807, 2.05) is 12.1 Å². The number of nitrogens with one attached hydrogen (secondary N) is 1. The standard InChI is InChI=1S/C15H23BrN2/c1-14(2)13(15(14,3)4)9-18-8-10-5-6-11(16)7-12(10)17/h5-7,13,18H,8-9,17H2,1-4H3. The quantitative estimate of drug-likeness (QED) is 0.830. The zero-order chi connectivity index (χ0) is 13.6. The van der Waals surface area contributed by atoms with E-state index in [1.165, 1.54) is 5.56 Å². The van der Waals surface area contributed by atoms with Crippen molar-refractivity contribution in [1.29, 1.82) is 0 Å². The SMILES string of the molecule is CC1(C)C(CNCc2ccc(Br)cc2N)C1(C)C. The van der Waals surface area contributed by atoms with Gasteiger partial charge in [0, 0.05) is 16.7 Å². The predicted molar refractivity (Wildman–Crippen MR) is 81.3 cm³/mol. The lowest BCUT2D eigenvalue weighted by molar-refractivity contribution is 0.457. The Morgan fingerprint density at radius 1 is 1.22 bits per heavy atom. The molecule has 0 saturated heterocycles. The highest BCUT2D eigenvalue weighted by atomic mass is 79.9. The van der Waals surface area contributed by atoms with Crippen LogP contribution in [0.1, 0.15) is 33.3 Å². The maximum Gasteiger partial charge on any atom is 0.0370 e. The molecule has 0 unspecified atom stereocenters. The van der Waals surface area contributed by atoms with Crippen molar-refractivity contribution in [3.8, 4) is 0 Å². The zero-order valence-corrected chi connectivity index (χ0v) is 13.3. The Bertz CT molecular complexity index is 438. The monoisotopic (exact) mass is 310 g/mol. The molecular formula is C15H23BrN2. The molecule has 1 fully saturated rings. The molecule has 0 aliphatic heterocycles. The Hall–Kier alpha value is -0.540. The van der Waals surface area contributed by atoms with Gasteiger partial charge in [0.1, 0.15) is 0 Å². The van der Waals surface area contributed by atoms with E-state index < -0.39 is 0 Å². The molecule has 0 amide bonds. The molecule has 0 spiro atoms. The molecule has 1 aliphatic rings. The molecule has 0 aromatic heterocycles. The third kappa shape index (κ3) is 2.30. The summed E-state index contributed by atoms with van der Waals surface area (Å²) in [7, 11) is 0. The molecule has 1 aliphatic carbocycles. The van der Waals surface area contributed by atoms with Crippen molar-refractivity contribution < 1.29 is 0 Å². The van der Waals surface area contributed by atoms with Gasteiger partial charge in [0.2, 0.25) is 0 Å². The summed E-state index contributed by atoms with van der Waals surface area (Å²) in [6, 6.07) is 6.08. The van der Waals surface area contributed by atoms with Gasteiger partial charge in [0.25, 0.3) is 0 Å². The Balaban J connectivity index is 1.87. The summed E-state index contributed by atoms with van der Waals surface area (Å²) >= 11 is 3.43. The molecule has 1 aromatic rings. The number of rotatable bonds is 4. The largest absolute Gasteiger partial charge is 0.398 e. The van der Waals surface area contributed by atoms with Crippen molar-refractivity contribution in [2.75, 3.05) is 12.3 Å². The number of anilines is 1. The second-order valence-electron chi connectivity index (χ2n) is 6.47. The Morgan fingerprint density at radius 3 is 2.33 bits per heavy atom. The topological polar surface area (TPSA) is 38.0 Å². The zero-order valence-electron chi connectivity index (χ0n) is 11.7. The Labute approximate surface area is 118 Å². The first-order valence-electron chi connectivity index (χ1n) is 6.51. The van der Waals surface area contributed by atoms with Crippen LogP contribution in [0.3, 0.4) is 0 Å². The molecule has 1 saturated carbocycles. The number of nitrogen functional groups attached to an aromatic ring is 1. The van der Waals surface area contributed by atoms with Crippen LogP contribution < -0.4 is 11.1 Å². The molecule has 3 N–H and O–H groups in total. The van der Waals surface area contributed by atoms with E-state index in [-0.39, 0.29) is 0 Å². The van der Waals surface area contributed by atoms with Crippen LogP contribution in [0.25, 0.3) is 0 Å². The molecule has 3 heteroatoms. The van der Waals surface area contributed by atoms with Gasteiger partial charge < -0.3 is 11.1 Å². The van der Waals surface area contributed by atoms with Gasteiger partial charge in [0.05, 0.1) is 0 Å². The van der Waals surface area contributed by atoms with Crippen molar-refractivity contribution in [2.45, 2.75) is 34.2 Å². The van der Waals surface area contributed by atoms with Gasteiger partial charge in [-0.05, 0) is 41.0 Å². The van der Waals surface area contributed by atoms with Crippen molar-refractivity contribution in [2.24, 2.45) is 16.7 Å². The molecule has 100 valence electrons. The third-order valence-corrected chi connectivity index (χ3v) is 5.58. The van der Waals surface area contributed by atoms with Crippen molar-refractivity contribution in [3.63, 3.8) is 0 Å². The Kier molecular flexibility index (Phi) is 3.50. The summed E-state index contributed by atoms with van der Waals surface area (Å²) in [5.41, 5.74) is 8.92. The summed E-state index contributed by atoms with van der Waals surface area (Å²) in [5.74, 6) is 0.752. The fraction of sp³-hybridized carbons (Fsp3) is 0.600. The molecule has 2 nitrogen and oxygen atoms in total. The van der Waals surface area contributed by atoms with Gasteiger partial charge in [-0.15, -0.1) is 0 Å². The first kappa shape index (κ1) is 13.9. The average Bonchev–Trinajstić information content (AvgIpc) is 2.63. The number of nitrogens with two attached hydrogens (primary N) is 1. The van der Waals surface area contributed by atoms with Crippen molar-refractivity contribution in [1.82, 2.24) is 5.32 Å². The van der Waals surface area contributed by atoms with Crippen molar-refractivity contribution >= 4 is 21.6 Å². The van der Waals surface area contributed by atoms with E-state index in [4.69, 9.17) is 5.73 Å². The molecule has 0 atom stereocenters. The van der Waals surface area contributed by atoms with E-state index in [1.54, 1.807) is 0 Å². The van der Waals surface area contributed by atoms with Crippen LogP contribution in [-0.4, -0.2) is 6.54 Å². The number of halogens is 1. The fourth-order valence-electron chi connectivity index (χ4n) is 2.92. The molecule has 1 aromatic carbocycles. The lowest BCUT2D eigenvalue weighted by Gasteiger charge is -2.09. The molecule has 18 heavy (non-hydrogen) atoms. The lowest BCUT2D eigenvalue weighted by Crippen LogP contribution is -2.19. The maximum atomic E-state index is 5.99. The highest BCUT2D eigenvalue weighted by Crippen LogP contribution is 2.67. The summed E-state index contributed by atoms with van der Waals surface area (Å²) < 4.78 is 1.04. The van der Waals surface area contributed by atoms with E-state index in [9.17, 15) is 0 Å². The highest BCUT2D eigenvalue weighted by Gasteiger charge is 2.63. The number of hydrogen-bond acceptors (Lipinski definition) is 2. The minimum atomic E-state index is 0.450. The molecule has 0 radical (unpaired) electrons. The third-order valence-electron chi connectivity index (χ3n) is 5.09. The minimum absolute atomic E-state index is 0.450. The Morgan fingerprint density at radius 2 is 1.83 bits per heavy atom. The van der Waals surface area contributed by atoms with E-state index in [2.05, 4.69) is 55.0 Å². The van der Waals surface area contributed by atoms with E-state index >= 15 is 0 Å². The van der Waals surface area contributed by atoms with Crippen LogP contribution in [0.2, 0.25) is 0 Å². The summed E-state index contributed by atoms with van der Waals surface area (Å²) in [4.78, 5) is 0. The predicted octanol–water partition coefficient (Wildman–Crippen LogP) is 3.80. The van der Waals surface area contributed by atoms with Gasteiger partial charge in [-0.25, -0.2) is 0 Å². The maximum absolute atomic E-state index is 5.99. The van der Waals surface area contributed by atoms with Crippen LogP contribution in [0.15, 0.2) is 22.7 Å². The molecule has 2 rings (SSSR count). The lowest BCUT2D eigenvalue weighted by atomic mass is 10.0. The van der Waals surface area contributed by atoms with Crippen LogP contribution in [0.5, 0.6) is 0 Å². The first-order valence-corrected chi connectivity index (χ1v) is 7.30. The first-order chi connectivity index (χ1) is 8.26. The van der Waals surface area contributed by atoms with Crippen LogP contribution in [0.4, 0.5) is 5.69 Å². The minimum Gasteiger partial charge on any atom is -0.398 e. The van der Waals surface area contributed by atoms with Gasteiger partial charge in [-0.3, -0.25) is 0 Å². The van der Waals surface area contributed by atoms with Crippen molar-refractivity contribution in [3.05, 3.63) is 28.2 Å². The second kappa shape index (κ2) is 4.53. The highest BCUT2D eigenvalue weighted by molar-refractivity contribution is 9.10. The molecule has 0 heterocycles. The van der Waals surface area contributed by atoms with E-state index in [0.29, 0.717) is 10.8 Å². The molecular weight excluding hydrogens is 288 g/mol. The summed E-state index contributed by atoms with van der Waals surface area (Å²) in [6.45, 7) is 11.3. The van der Waals surface area contributed by atoms with Crippen LogP contribution >= 0.6 is 15.9 Å².